The maximum absolute atomic E-state index is 12.4. The van der Waals surface area contributed by atoms with E-state index in [0.717, 1.165) is 62.7 Å². The number of anilines is 1. The molecule has 2 aromatic heterocycles. The Morgan fingerprint density at radius 3 is 2.74 bits per heavy atom. The Labute approximate surface area is 159 Å². The second-order valence-corrected chi connectivity index (χ2v) is 7.44. The van der Waals surface area contributed by atoms with E-state index in [-0.39, 0.29) is 11.8 Å². The van der Waals surface area contributed by atoms with Gasteiger partial charge in [0.1, 0.15) is 17.3 Å². The van der Waals surface area contributed by atoms with Gasteiger partial charge in [0.25, 0.3) is 0 Å². The monoisotopic (exact) mass is 372 g/mol. The van der Waals surface area contributed by atoms with Crippen LogP contribution in [-0.2, 0) is 22.5 Å². The van der Waals surface area contributed by atoms with Crippen molar-refractivity contribution in [2.24, 2.45) is 5.92 Å². The molecule has 0 radical (unpaired) electrons. The minimum absolute atomic E-state index is 0.0382. The molecular formula is C20H28N4O3. The maximum atomic E-state index is 12.4. The fraction of sp³-hybridized carbons (Fsp3) is 0.600. The maximum Gasteiger partial charge on any atom is 0.231 e. The highest BCUT2D eigenvalue weighted by Gasteiger charge is 2.27. The summed E-state index contributed by atoms with van der Waals surface area (Å²) in [6, 6.07) is 6.35. The Kier molecular flexibility index (Phi) is 5.59. The lowest BCUT2D eigenvalue weighted by molar-refractivity contribution is -0.119. The number of aromatic nitrogens is 2. The molecule has 0 spiro atoms. The van der Waals surface area contributed by atoms with Crippen molar-refractivity contribution < 1.29 is 13.9 Å². The van der Waals surface area contributed by atoms with E-state index in [0.29, 0.717) is 19.3 Å². The first-order chi connectivity index (χ1) is 13.2. The summed E-state index contributed by atoms with van der Waals surface area (Å²) in [6.07, 6.45) is 5.52. The van der Waals surface area contributed by atoms with Gasteiger partial charge in [0.05, 0.1) is 31.3 Å². The van der Waals surface area contributed by atoms with Crippen LogP contribution in [0.15, 0.2) is 28.8 Å². The van der Waals surface area contributed by atoms with Gasteiger partial charge in [-0.3, -0.25) is 9.69 Å². The van der Waals surface area contributed by atoms with Gasteiger partial charge in [-0.05, 0) is 31.4 Å². The average Bonchev–Trinajstić information content (AvgIpc) is 3.44. The second kappa shape index (κ2) is 8.27. The number of nitrogens with one attached hydrogen (secondary N) is 1. The van der Waals surface area contributed by atoms with E-state index in [1.807, 2.05) is 10.7 Å². The molecule has 2 saturated heterocycles. The van der Waals surface area contributed by atoms with E-state index in [2.05, 4.69) is 34.4 Å². The molecule has 27 heavy (non-hydrogen) atoms. The topological polar surface area (TPSA) is 72.5 Å². The molecule has 4 rings (SSSR count). The van der Waals surface area contributed by atoms with Gasteiger partial charge in [0, 0.05) is 32.2 Å². The standard InChI is InChI=1S/C20H28N4O3/c1-2-17-3-4-18(27-17)13-23-10-6-16(7-11-23)24-19(5-9-21-24)22-20(25)15-8-12-26-14-15/h3-5,9,15-16H,2,6-8,10-14H2,1H3,(H,22,25). The number of carbonyl (C=O) groups excluding carboxylic acids is 1. The van der Waals surface area contributed by atoms with Crippen molar-refractivity contribution in [3.8, 4) is 0 Å². The van der Waals surface area contributed by atoms with Crippen LogP contribution in [-0.4, -0.2) is 46.9 Å². The summed E-state index contributed by atoms with van der Waals surface area (Å²) in [6.45, 7) is 6.15. The van der Waals surface area contributed by atoms with E-state index in [1.54, 1.807) is 6.20 Å². The van der Waals surface area contributed by atoms with Gasteiger partial charge in [0.2, 0.25) is 5.91 Å². The van der Waals surface area contributed by atoms with Crippen LogP contribution in [0, 0.1) is 5.92 Å². The number of rotatable bonds is 6. The lowest BCUT2D eigenvalue weighted by atomic mass is 10.0. The van der Waals surface area contributed by atoms with Gasteiger partial charge < -0.3 is 14.5 Å². The minimum atomic E-state index is -0.0449. The number of hydrogen-bond donors (Lipinski definition) is 1. The number of nitrogens with zero attached hydrogens (tertiary/aromatic N) is 3. The third-order valence-electron chi connectivity index (χ3n) is 5.57. The van der Waals surface area contributed by atoms with Crippen molar-refractivity contribution >= 4 is 11.7 Å². The summed E-state index contributed by atoms with van der Waals surface area (Å²) in [5, 5.41) is 7.52. The molecule has 2 aliphatic heterocycles. The smallest absolute Gasteiger partial charge is 0.231 e. The molecule has 1 atom stereocenters. The van der Waals surface area contributed by atoms with Crippen molar-refractivity contribution in [2.75, 3.05) is 31.6 Å². The first kappa shape index (κ1) is 18.3. The summed E-state index contributed by atoms with van der Waals surface area (Å²) >= 11 is 0. The summed E-state index contributed by atoms with van der Waals surface area (Å²) in [7, 11) is 0. The van der Waals surface area contributed by atoms with Gasteiger partial charge in [-0.1, -0.05) is 6.92 Å². The molecule has 4 heterocycles. The van der Waals surface area contributed by atoms with Crippen molar-refractivity contribution in [1.82, 2.24) is 14.7 Å². The van der Waals surface area contributed by atoms with Gasteiger partial charge in [-0.15, -0.1) is 0 Å². The zero-order valence-corrected chi connectivity index (χ0v) is 15.9. The molecule has 1 unspecified atom stereocenters. The SMILES string of the molecule is CCc1ccc(CN2CCC(n3nccc3NC(=O)C3CCOC3)CC2)o1. The number of furan rings is 1. The molecular weight excluding hydrogens is 344 g/mol. The molecule has 1 amide bonds. The Morgan fingerprint density at radius 2 is 2.04 bits per heavy atom. The van der Waals surface area contributed by atoms with Crippen LogP contribution < -0.4 is 5.32 Å². The third kappa shape index (κ3) is 4.25. The highest BCUT2D eigenvalue weighted by Crippen LogP contribution is 2.27. The lowest BCUT2D eigenvalue weighted by Gasteiger charge is -2.32. The summed E-state index contributed by atoms with van der Waals surface area (Å²) < 4.78 is 13.1. The van der Waals surface area contributed by atoms with Crippen LogP contribution in [0.25, 0.3) is 0 Å². The van der Waals surface area contributed by atoms with Gasteiger partial charge in [0.15, 0.2) is 0 Å². The van der Waals surface area contributed by atoms with E-state index >= 15 is 0 Å². The molecule has 2 aliphatic rings. The van der Waals surface area contributed by atoms with Crippen LogP contribution >= 0.6 is 0 Å². The zero-order chi connectivity index (χ0) is 18.6. The highest BCUT2D eigenvalue weighted by molar-refractivity contribution is 5.92. The largest absolute Gasteiger partial charge is 0.465 e. The van der Waals surface area contributed by atoms with Crippen molar-refractivity contribution in [3.63, 3.8) is 0 Å². The lowest BCUT2D eigenvalue weighted by Crippen LogP contribution is -2.35. The van der Waals surface area contributed by atoms with E-state index < -0.39 is 0 Å². The van der Waals surface area contributed by atoms with Gasteiger partial charge >= 0.3 is 0 Å². The molecule has 0 aromatic carbocycles. The highest BCUT2D eigenvalue weighted by atomic mass is 16.5. The Balaban J connectivity index is 1.32. The minimum Gasteiger partial charge on any atom is -0.465 e. The Hall–Kier alpha value is -2.12. The molecule has 7 nitrogen and oxygen atoms in total. The third-order valence-corrected chi connectivity index (χ3v) is 5.57. The Bertz CT molecular complexity index is 755. The quantitative estimate of drug-likeness (QED) is 0.844. The molecule has 2 fully saturated rings. The molecule has 1 N–H and O–H groups in total. The van der Waals surface area contributed by atoms with Gasteiger partial charge in [-0.2, -0.15) is 5.10 Å². The number of aryl methyl sites for hydroxylation is 1. The predicted octanol–water partition coefficient (Wildman–Crippen LogP) is 2.85. The van der Waals surface area contributed by atoms with Crippen molar-refractivity contribution in [2.45, 2.75) is 45.2 Å². The van der Waals surface area contributed by atoms with Crippen LogP contribution in [0.3, 0.4) is 0 Å². The fourth-order valence-corrected chi connectivity index (χ4v) is 3.91. The normalized spacial score (nSPS) is 21.6. The number of hydrogen-bond acceptors (Lipinski definition) is 5. The zero-order valence-electron chi connectivity index (χ0n) is 15.9. The number of amides is 1. The van der Waals surface area contributed by atoms with Crippen LogP contribution in [0.2, 0.25) is 0 Å². The fourth-order valence-electron chi connectivity index (χ4n) is 3.91. The number of piperidine rings is 1. The molecule has 146 valence electrons. The van der Waals surface area contributed by atoms with E-state index in [1.165, 1.54) is 0 Å². The average molecular weight is 372 g/mol. The Morgan fingerprint density at radius 1 is 1.22 bits per heavy atom. The predicted molar refractivity (Wildman–Crippen MR) is 101 cm³/mol. The van der Waals surface area contributed by atoms with Crippen molar-refractivity contribution in [1.29, 1.82) is 0 Å². The summed E-state index contributed by atoms with van der Waals surface area (Å²) in [5.41, 5.74) is 0. The summed E-state index contributed by atoms with van der Waals surface area (Å²) in [5.74, 6) is 2.87. The molecule has 0 saturated carbocycles. The molecule has 2 aromatic rings. The molecule has 0 aliphatic carbocycles. The van der Waals surface area contributed by atoms with E-state index in [9.17, 15) is 4.79 Å². The molecule has 7 heteroatoms. The first-order valence-corrected chi connectivity index (χ1v) is 9.95. The number of ether oxygens (including phenoxy) is 1. The molecule has 0 bridgehead atoms. The van der Waals surface area contributed by atoms with E-state index in [4.69, 9.17) is 9.15 Å². The van der Waals surface area contributed by atoms with Crippen molar-refractivity contribution in [3.05, 3.63) is 35.9 Å². The second-order valence-electron chi connectivity index (χ2n) is 7.44. The summed E-state index contributed by atoms with van der Waals surface area (Å²) in [4.78, 5) is 14.8. The first-order valence-electron chi connectivity index (χ1n) is 9.95. The number of carbonyl (C=O) groups is 1. The van der Waals surface area contributed by atoms with Crippen LogP contribution in [0.5, 0.6) is 0 Å². The van der Waals surface area contributed by atoms with Crippen LogP contribution in [0.4, 0.5) is 5.82 Å². The van der Waals surface area contributed by atoms with Crippen LogP contribution in [0.1, 0.15) is 43.7 Å². The number of likely N-dealkylation sites (tertiary alicyclic amines) is 1. The van der Waals surface area contributed by atoms with Gasteiger partial charge in [-0.25, -0.2) is 4.68 Å².